The Balaban J connectivity index is 1.46. The summed E-state index contributed by atoms with van der Waals surface area (Å²) in [4.78, 5) is 19.7. The van der Waals surface area contributed by atoms with Crippen molar-refractivity contribution in [2.45, 2.75) is 64.2 Å². The molecule has 0 spiro atoms. The Morgan fingerprint density at radius 3 is 2.56 bits per heavy atom. The van der Waals surface area contributed by atoms with Crippen molar-refractivity contribution in [2.75, 3.05) is 31.6 Å². The average Bonchev–Trinajstić information content (AvgIpc) is 3.45. The van der Waals surface area contributed by atoms with Gasteiger partial charge in [-0.2, -0.15) is 4.37 Å². The molecule has 0 saturated carbocycles. The number of anilines is 1. The van der Waals surface area contributed by atoms with Gasteiger partial charge in [-0.15, -0.1) is 0 Å². The summed E-state index contributed by atoms with van der Waals surface area (Å²) in [7, 11) is 3.27. The number of amides is 1. The predicted molar refractivity (Wildman–Crippen MR) is 164 cm³/mol. The molecule has 9 nitrogen and oxygen atoms in total. The fourth-order valence-corrected chi connectivity index (χ4v) is 6.33. The van der Waals surface area contributed by atoms with Crippen molar-refractivity contribution in [1.82, 2.24) is 14.3 Å². The first-order chi connectivity index (χ1) is 19.4. The first kappa shape index (κ1) is 31.1. The number of halogens is 1. The molecule has 0 radical (unpaired) electrons. The highest BCUT2D eigenvalue weighted by Gasteiger charge is 2.40. The minimum absolute atomic E-state index is 0.113. The lowest BCUT2D eigenvalue weighted by molar-refractivity contribution is -0.0280. The van der Waals surface area contributed by atoms with Gasteiger partial charge in [-0.05, 0) is 63.1 Å². The zero-order valence-corrected chi connectivity index (χ0v) is 26.9. The molecule has 2 aromatic carbocycles. The van der Waals surface area contributed by atoms with E-state index < -0.39 is 5.60 Å². The normalized spacial score (nSPS) is 16.7. The Morgan fingerprint density at radius 2 is 1.95 bits per heavy atom. The topological polar surface area (TPSA) is 86.3 Å². The molecular weight excluding hydrogens is 584 g/mol. The van der Waals surface area contributed by atoms with Crippen LogP contribution in [0.25, 0.3) is 0 Å². The molecule has 2 heterocycles. The van der Waals surface area contributed by atoms with E-state index in [-0.39, 0.29) is 17.6 Å². The van der Waals surface area contributed by atoms with Crippen LogP contribution in [0.4, 0.5) is 9.93 Å². The minimum atomic E-state index is -0.534. The van der Waals surface area contributed by atoms with E-state index in [1.54, 1.807) is 25.4 Å². The lowest BCUT2D eigenvalue weighted by Gasteiger charge is -2.44. The maximum absolute atomic E-state index is 12.6. The quantitative estimate of drug-likeness (QED) is 0.228. The molecule has 1 aliphatic rings. The zero-order valence-electron chi connectivity index (χ0n) is 24.5. The van der Waals surface area contributed by atoms with Crippen molar-refractivity contribution >= 4 is 46.3 Å². The Kier molecular flexibility index (Phi) is 9.81. The second-order valence-electron chi connectivity index (χ2n) is 11.4. The van der Waals surface area contributed by atoms with Crippen molar-refractivity contribution in [3.63, 3.8) is 0 Å². The first-order valence-corrected chi connectivity index (χ1v) is 15.2. The molecule has 1 saturated heterocycles. The number of hydrogen-bond donors (Lipinski definition) is 0. The summed E-state index contributed by atoms with van der Waals surface area (Å²) < 4.78 is 29.2. The fourth-order valence-electron chi connectivity index (χ4n) is 4.51. The first-order valence-electron chi connectivity index (χ1n) is 13.3. The van der Waals surface area contributed by atoms with Gasteiger partial charge in [-0.1, -0.05) is 25.4 Å². The van der Waals surface area contributed by atoms with Gasteiger partial charge in [0.25, 0.3) is 0 Å². The van der Waals surface area contributed by atoms with Crippen LogP contribution in [0.1, 0.15) is 46.6 Å². The van der Waals surface area contributed by atoms with Crippen molar-refractivity contribution in [1.29, 1.82) is 0 Å². The maximum Gasteiger partial charge on any atom is 0.410 e. The number of ether oxygens (including phenoxy) is 4. The van der Waals surface area contributed by atoms with E-state index in [2.05, 4.69) is 23.2 Å². The highest BCUT2D eigenvalue weighted by atomic mass is 35.5. The van der Waals surface area contributed by atoms with E-state index >= 15 is 0 Å². The van der Waals surface area contributed by atoms with E-state index in [9.17, 15) is 4.79 Å². The van der Waals surface area contributed by atoms with Gasteiger partial charge in [0.1, 0.15) is 35.3 Å². The third-order valence-corrected chi connectivity index (χ3v) is 8.63. The van der Waals surface area contributed by atoms with E-state index in [0.29, 0.717) is 36.8 Å². The standard InChI is InChI=1S/C29H37ClN4O5S2/c1-28(2,3)39-27(35)33-13-12-25(29(4,5)17-33)38-23-11-10-21(15-22(23)30)41-34(26-31-18-32-40-26)16-19-8-9-20(36-6)14-24(19)37-7/h8-11,14-15,18,25H,12-13,16-17H2,1-7H3. The van der Waals surface area contributed by atoms with Crippen molar-refractivity contribution in [2.24, 2.45) is 5.41 Å². The summed E-state index contributed by atoms with van der Waals surface area (Å²) in [6.07, 6.45) is 1.81. The van der Waals surface area contributed by atoms with Crippen molar-refractivity contribution in [3.05, 3.63) is 53.3 Å². The van der Waals surface area contributed by atoms with Crippen LogP contribution in [-0.4, -0.2) is 59.4 Å². The Bertz CT molecular complexity index is 1330. The molecule has 4 rings (SSSR count). The zero-order chi connectivity index (χ0) is 29.8. The van der Waals surface area contributed by atoms with Crippen LogP contribution in [0.3, 0.4) is 0 Å². The van der Waals surface area contributed by atoms with Gasteiger partial charge in [-0.25, -0.2) is 9.78 Å². The van der Waals surface area contributed by atoms with E-state index in [1.165, 1.54) is 23.5 Å². The fraction of sp³-hybridized carbons (Fsp3) is 0.483. The van der Waals surface area contributed by atoms with Gasteiger partial charge in [-0.3, -0.25) is 4.31 Å². The lowest BCUT2D eigenvalue weighted by Crippen LogP contribution is -2.53. The molecule has 3 aromatic rings. The molecule has 0 aliphatic carbocycles. The summed E-state index contributed by atoms with van der Waals surface area (Å²) in [5, 5.41) is 1.27. The summed E-state index contributed by atoms with van der Waals surface area (Å²) in [6.45, 7) is 11.4. The highest BCUT2D eigenvalue weighted by Crippen LogP contribution is 2.39. The van der Waals surface area contributed by atoms with Gasteiger partial charge in [0.05, 0.1) is 25.8 Å². The van der Waals surface area contributed by atoms with Gasteiger partial charge < -0.3 is 23.8 Å². The molecule has 1 fully saturated rings. The second-order valence-corrected chi connectivity index (χ2v) is 13.7. The number of methoxy groups -OCH3 is 2. The van der Waals surface area contributed by atoms with Crippen LogP contribution in [-0.2, 0) is 11.3 Å². The smallest absolute Gasteiger partial charge is 0.410 e. The molecular formula is C29H37ClN4O5S2. The molecule has 0 N–H and O–H groups in total. The molecule has 1 atom stereocenters. The monoisotopic (exact) mass is 620 g/mol. The number of carbonyl (C=O) groups excluding carboxylic acids is 1. The second kappa shape index (κ2) is 13.0. The number of benzene rings is 2. The van der Waals surface area contributed by atoms with Crippen molar-refractivity contribution in [3.8, 4) is 17.2 Å². The number of carbonyl (C=O) groups is 1. The SMILES string of the molecule is COc1ccc(CN(Sc2ccc(OC3CCN(C(=O)OC(C)(C)C)CC3(C)C)c(Cl)c2)c2ncns2)c(OC)c1. The van der Waals surface area contributed by atoms with Crippen LogP contribution in [0, 0.1) is 5.41 Å². The number of aromatic nitrogens is 2. The van der Waals surface area contributed by atoms with Crippen LogP contribution in [0.5, 0.6) is 17.2 Å². The minimum Gasteiger partial charge on any atom is -0.497 e. The largest absolute Gasteiger partial charge is 0.497 e. The summed E-state index contributed by atoms with van der Waals surface area (Å²) >= 11 is 9.56. The van der Waals surface area contributed by atoms with Crippen LogP contribution in [0.2, 0.25) is 5.02 Å². The van der Waals surface area contributed by atoms with Crippen LogP contribution < -0.4 is 18.5 Å². The van der Waals surface area contributed by atoms with Crippen molar-refractivity contribution < 1.29 is 23.7 Å². The molecule has 0 bridgehead atoms. The molecule has 1 aliphatic heterocycles. The van der Waals surface area contributed by atoms with Crippen LogP contribution in [0.15, 0.2) is 47.6 Å². The van der Waals surface area contributed by atoms with E-state index in [0.717, 1.165) is 27.1 Å². The Hall–Kier alpha value is -2.89. The molecule has 1 aromatic heterocycles. The third-order valence-electron chi connectivity index (χ3n) is 6.54. The number of likely N-dealkylation sites (tertiary alicyclic amines) is 1. The Morgan fingerprint density at radius 1 is 1.17 bits per heavy atom. The highest BCUT2D eigenvalue weighted by molar-refractivity contribution is 8.00. The molecule has 12 heteroatoms. The van der Waals surface area contributed by atoms with Gasteiger partial charge in [0.15, 0.2) is 0 Å². The summed E-state index contributed by atoms with van der Waals surface area (Å²) in [5.41, 5.74) is 0.147. The predicted octanol–water partition coefficient (Wildman–Crippen LogP) is 7.34. The van der Waals surface area contributed by atoms with E-state index in [4.69, 9.17) is 30.5 Å². The van der Waals surface area contributed by atoms with Crippen LogP contribution >= 0.6 is 35.1 Å². The lowest BCUT2D eigenvalue weighted by atomic mass is 9.81. The molecule has 222 valence electrons. The van der Waals surface area contributed by atoms with Gasteiger partial charge >= 0.3 is 6.09 Å². The van der Waals surface area contributed by atoms with Gasteiger partial charge in [0.2, 0.25) is 5.13 Å². The number of hydrogen-bond acceptors (Lipinski definition) is 10. The van der Waals surface area contributed by atoms with E-state index in [1.807, 2.05) is 61.5 Å². The average molecular weight is 621 g/mol. The molecule has 1 unspecified atom stereocenters. The Labute approximate surface area is 255 Å². The number of nitrogens with zero attached hydrogens (tertiary/aromatic N) is 4. The number of rotatable bonds is 9. The third kappa shape index (κ3) is 8.11. The summed E-state index contributed by atoms with van der Waals surface area (Å²) in [6, 6.07) is 11.5. The molecule has 1 amide bonds. The van der Waals surface area contributed by atoms with Gasteiger partial charge in [0, 0.05) is 53.0 Å². The summed E-state index contributed by atoms with van der Waals surface area (Å²) in [5.74, 6) is 2.06. The molecule has 41 heavy (non-hydrogen) atoms. The number of piperidine rings is 1. The maximum atomic E-state index is 12.6.